The Bertz CT molecular complexity index is 820. The second-order valence-corrected chi connectivity index (χ2v) is 7.09. The van der Waals surface area contributed by atoms with E-state index < -0.39 is 0 Å². The predicted octanol–water partition coefficient (Wildman–Crippen LogP) is 4.13. The first-order valence-corrected chi connectivity index (χ1v) is 9.58. The van der Waals surface area contributed by atoms with Crippen LogP contribution in [0.3, 0.4) is 0 Å². The molecule has 1 heterocycles. The number of guanidine groups is 1. The molecular weight excluding hydrogens is 463 g/mol. The maximum Gasteiger partial charge on any atom is 0.244 e. The van der Waals surface area contributed by atoms with E-state index in [1.54, 1.807) is 0 Å². The molecule has 0 saturated heterocycles. The van der Waals surface area contributed by atoms with E-state index in [1.807, 2.05) is 29.2 Å². The number of hydrogen-bond donors (Lipinski definition) is 2. The molecule has 0 spiro atoms. The molecule has 1 amide bonds. The number of fused-ring (bicyclic) bond motifs is 1. The van der Waals surface area contributed by atoms with E-state index >= 15 is 0 Å². The molecular formula is C22H29IN4O. The Balaban J connectivity index is 0.00000280. The van der Waals surface area contributed by atoms with Crippen LogP contribution >= 0.6 is 24.0 Å². The van der Waals surface area contributed by atoms with Crippen LogP contribution in [0.1, 0.15) is 42.9 Å². The lowest BCUT2D eigenvalue weighted by Gasteiger charge is -2.28. The fourth-order valence-electron chi connectivity index (χ4n) is 3.28. The molecule has 0 saturated carbocycles. The van der Waals surface area contributed by atoms with E-state index in [2.05, 4.69) is 48.4 Å². The monoisotopic (exact) mass is 492 g/mol. The fourth-order valence-corrected chi connectivity index (χ4v) is 3.28. The molecule has 2 aromatic carbocycles. The van der Waals surface area contributed by atoms with Crippen molar-refractivity contribution in [2.75, 3.05) is 18.4 Å². The van der Waals surface area contributed by atoms with Crippen LogP contribution in [0.25, 0.3) is 0 Å². The number of rotatable bonds is 5. The van der Waals surface area contributed by atoms with Gasteiger partial charge in [0.2, 0.25) is 5.91 Å². The standard InChI is InChI=1S/C22H28N4O.HI/c1-3-16(2)17-8-10-20(11-9-17)25-22(23)24-14-21(27)26-13-12-18-6-4-5-7-19(18)15-26;/h4-11,16H,3,12-15H2,1-2H3,(H3,23,24,25);1H. The van der Waals surface area contributed by atoms with E-state index in [0.717, 1.165) is 25.1 Å². The molecule has 28 heavy (non-hydrogen) atoms. The average molecular weight is 492 g/mol. The van der Waals surface area contributed by atoms with Gasteiger partial charge in [-0.15, -0.1) is 24.0 Å². The molecule has 0 aromatic heterocycles. The normalized spacial score (nSPS) is 14.6. The van der Waals surface area contributed by atoms with Crippen molar-refractivity contribution in [2.24, 2.45) is 10.7 Å². The third-order valence-electron chi connectivity index (χ3n) is 5.23. The number of carbonyl (C=O) groups excluding carboxylic acids is 1. The van der Waals surface area contributed by atoms with Crippen molar-refractivity contribution in [1.82, 2.24) is 4.90 Å². The number of anilines is 1. The van der Waals surface area contributed by atoms with Crippen LogP contribution in [0.2, 0.25) is 0 Å². The summed E-state index contributed by atoms with van der Waals surface area (Å²) in [5.74, 6) is 0.802. The molecule has 3 N–H and O–H groups in total. The first kappa shape index (κ1) is 22.2. The Hall–Kier alpha value is -2.09. The number of halogens is 1. The molecule has 0 radical (unpaired) electrons. The van der Waals surface area contributed by atoms with Gasteiger partial charge in [-0.05, 0) is 47.6 Å². The summed E-state index contributed by atoms with van der Waals surface area (Å²) in [6.45, 7) is 5.83. The van der Waals surface area contributed by atoms with Crippen LogP contribution < -0.4 is 11.1 Å². The van der Waals surface area contributed by atoms with Gasteiger partial charge in [-0.3, -0.25) is 4.79 Å². The van der Waals surface area contributed by atoms with Gasteiger partial charge >= 0.3 is 0 Å². The number of hydrogen-bond acceptors (Lipinski definition) is 2. The van der Waals surface area contributed by atoms with Crippen LogP contribution in [0, 0.1) is 0 Å². The van der Waals surface area contributed by atoms with Gasteiger partial charge in [0, 0.05) is 18.8 Å². The van der Waals surface area contributed by atoms with Crippen LogP contribution in [0.4, 0.5) is 5.69 Å². The summed E-state index contributed by atoms with van der Waals surface area (Å²) in [4.78, 5) is 18.5. The summed E-state index contributed by atoms with van der Waals surface area (Å²) in [6.07, 6.45) is 2.00. The lowest BCUT2D eigenvalue weighted by molar-refractivity contribution is -0.130. The van der Waals surface area contributed by atoms with Crippen molar-refractivity contribution in [3.05, 3.63) is 65.2 Å². The Morgan fingerprint density at radius 1 is 1.18 bits per heavy atom. The van der Waals surface area contributed by atoms with E-state index in [0.29, 0.717) is 12.5 Å². The molecule has 6 heteroatoms. The smallest absolute Gasteiger partial charge is 0.244 e. The predicted molar refractivity (Wildman–Crippen MR) is 126 cm³/mol. The largest absolute Gasteiger partial charge is 0.370 e. The summed E-state index contributed by atoms with van der Waals surface area (Å²) in [5.41, 5.74) is 10.7. The van der Waals surface area contributed by atoms with Crippen molar-refractivity contribution >= 4 is 41.5 Å². The van der Waals surface area contributed by atoms with Crippen molar-refractivity contribution in [1.29, 1.82) is 0 Å². The number of nitrogens with two attached hydrogens (primary N) is 1. The fraction of sp³-hybridized carbons (Fsp3) is 0.364. The summed E-state index contributed by atoms with van der Waals surface area (Å²) in [5, 5.41) is 3.06. The first-order chi connectivity index (χ1) is 13.1. The SMILES string of the molecule is CCC(C)c1ccc(NC(N)=NCC(=O)N2CCc3ccccc3C2)cc1.I. The molecule has 2 aromatic rings. The van der Waals surface area contributed by atoms with Gasteiger partial charge in [0.15, 0.2) is 5.96 Å². The Labute approximate surface area is 184 Å². The Morgan fingerprint density at radius 3 is 2.54 bits per heavy atom. The molecule has 0 aliphatic carbocycles. The van der Waals surface area contributed by atoms with E-state index in [-0.39, 0.29) is 42.4 Å². The maximum atomic E-state index is 12.5. The number of amides is 1. The number of aliphatic imine (C=N–C) groups is 1. The summed E-state index contributed by atoms with van der Waals surface area (Å²) in [6, 6.07) is 16.4. The number of benzene rings is 2. The highest BCUT2D eigenvalue weighted by Crippen LogP contribution is 2.20. The van der Waals surface area contributed by atoms with Crippen molar-refractivity contribution < 1.29 is 4.79 Å². The van der Waals surface area contributed by atoms with E-state index in [9.17, 15) is 4.79 Å². The minimum absolute atomic E-state index is 0. The molecule has 150 valence electrons. The van der Waals surface area contributed by atoms with Gasteiger partial charge in [-0.1, -0.05) is 50.2 Å². The zero-order valence-corrected chi connectivity index (χ0v) is 18.9. The highest BCUT2D eigenvalue weighted by atomic mass is 127. The van der Waals surface area contributed by atoms with Gasteiger partial charge in [0.1, 0.15) is 6.54 Å². The quantitative estimate of drug-likeness (QED) is 0.375. The molecule has 0 bridgehead atoms. The Kier molecular flexibility index (Phi) is 8.29. The Morgan fingerprint density at radius 2 is 1.86 bits per heavy atom. The van der Waals surface area contributed by atoms with Gasteiger partial charge in [-0.25, -0.2) is 4.99 Å². The number of carbonyl (C=O) groups is 1. The topological polar surface area (TPSA) is 70.7 Å². The minimum atomic E-state index is 0. The molecule has 0 fully saturated rings. The molecule has 3 rings (SSSR count). The number of nitrogens with one attached hydrogen (secondary N) is 1. The minimum Gasteiger partial charge on any atom is -0.370 e. The zero-order valence-electron chi connectivity index (χ0n) is 16.5. The highest BCUT2D eigenvalue weighted by molar-refractivity contribution is 14.0. The van der Waals surface area contributed by atoms with Gasteiger partial charge in [0.05, 0.1) is 0 Å². The number of nitrogens with zero attached hydrogens (tertiary/aromatic N) is 2. The third kappa shape index (κ3) is 5.70. The lowest BCUT2D eigenvalue weighted by atomic mass is 9.99. The average Bonchev–Trinajstić information content (AvgIpc) is 2.71. The van der Waals surface area contributed by atoms with Crippen LogP contribution in [-0.2, 0) is 17.8 Å². The molecule has 1 aliphatic heterocycles. The summed E-state index contributed by atoms with van der Waals surface area (Å²) in [7, 11) is 0. The second-order valence-electron chi connectivity index (χ2n) is 7.09. The second kappa shape index (κ2) is 10.5. The van der Waals surface area contributed by atoms with Gasteiger partial charge < -0.3 is 16.0 Å². The zero-order chi connectivity index (χ0) is 19.2. The van der Waals surface area contributed by atoms with Crippen molar-refractivity contribution in [2.45, 2.75) is 39.2 Å². The van der Waals surface area contributed by atoms with Crippen molar-refractivity contribution in [3.8, 4) is 0 Å². The summed E-state index contributed by atoms with van der Waals surface area (Å²) < 4.78 is 0. The van der Waals surface area contributed by atoms with Gasteiger partial charge in [0.25, 0.3) is 0 Å². The van der Waals surface area contributed by atoms with E-state index in [4.69, 9.17) is 5.73 Å². The molecule has 1 aliphatic rings. The van der Waals surface area contributed by atoms with Crippen LogP contribution in [-0.4, -0.2) is 29.9 Å². The van der Waals surface area contributed by atoms with Gasteiger partial charge in [-0.2, -0.15) is 0 Å². The van der Waals surface area contributed by atoms with Crippen molar-refractivity contribution in [3.63, 3.8) is 0 Å². The molecule has 5 nitrogen and oxygen atoms in total. The third-order valence-corrected chi connectivity index (χ3v) is 5.23. The highest BCUT2D eigenvalue weighted by Gasteiger charge is 2.19. The molecule has 1 unspecified atom stereocenters. The summed E-state index contributed by atoms with van der Waals surface area (Å²) >= 11 is 0. The maximum absolute atomic E-state index is 12.5. The lowest BCUT2D eigenvalue weighted by Crippen LogP contribution is -2.38. The molecule has 1 atom stereocenters. The van der Waals surface area contributed by atoms with Crippen LogP contribution in [0.5, 0.6) is 0 Å². The van der Waals surface area contributed by atoms with E-state index in [1.165, 1.54) is 16.7 Å². The van der Waals surface area contributed by atoms with Crippen LogP contribution in [0.15, 0.2) is 53.5 Å². The first-order valence-electron chi connectivity index (χ1n) is 9.58.